The van der Waals surface area contributed by atoms with Crippen LogP contribution in [0.4, 0.5) is 0 Å². The molecule has 0 aliphatic carbocycles. The molecule has 2 heterocycles. The van der Waals surface area contributed by atoms with Crippen LogP contribution < -0.4 is 0 Å². The Balaban J connectivity index is 1.86. The number of tetrazole rings is 1. The lowest BCUT2D eigenvalue weighted by Crippen LogP contribution is -2.16. The van der Waals surface area contributed by atoms with Crippen molar-refractivity contribution in [1.82, 2.24) is 25.2 Å². The summed E-state index contributed by atoms with van der Waals surface area (Å²) in [4.78, 5) is 4.12. The summed E-state index contributed by atoms with van der Waals surface area (Å²) in [6.07, 6.45) is 1.95. The van der Waals surface area contributed by atoms with E-state index < -0.39 is 9.84 Å². The van der Waals surface area contributed by atoms with E-state index in [1.165, 1.54) is 4.68 Å². The van der Waals surface area contributed by atoms with E-state index in [1.54, 1.807) is 42.6 Å². The van der Waals surface area contributed by atoms with E-state index in [0.29, 0.717) is 17.8 Å². The maximum atomic E-state index is 12.5. The van der Waals surface area contributed by atoms with Crippen molar-refractivity contribution >= 4 is 9.84 Å². The SMILES string of the molecule is O=S(=O)(CCc1ccccn1)c1nnnn1-c1ccccc1. The molecule has 2 aromatic heterocycles. The van der Waals surface area contributed by atoms with Gasteiger partial charge in [0.15, 0.2) is 0 Å². The standard InChI is InChI=1S/C14H13N5O2S/c20-22(21,11-9-12-6-4-5-10-15-12)14-16-17-18-19(14)13-7-2-1-3-8-13/h1-8,10H,9,11H2. The van der Waals surface area contributed by atoms with Crippen LogP contribution >= 0.6 is 0 Å². The molecule has 0 saturated carbocycles. The van der Waals surface area contributed by atoms with Crippen molar-refractivity contribution < 1.29 is 8.42 Å². The van der Waals surface area contributed by atoms with E-state index in [0.717, 1.165) is 0 Å². The van der Waals surface area contributed by atoms with Crippen LogP contribution in [0, 0.1) is 0 Å². The molecule has 22 heavy (non-hydrogen) atoms. The molecule has 0 radical (unpaired) electrons. The molecule has 3 aromatic rings. The molecule has 0 fully saturated rings. The first-order valence-corrected chi connectivity index (χ1v) is 8.28. The quantitative estimate of drug-likeness (QED) is 0.699. The number of hydrogen-bond donors (Lipinski definition) is 0. The highest BCUT2D eigenvalue weighted by molar-refractivity contribution is 7.91. The van der Waals surface area contributed by atoms with Crippen LogP contribution in [0.2, 0.25) is 0 Å². The largest absolute Gasteiger partial charge is 0.272 e. The molecule has 112 valence electrons. The number of aromatic nitrogens is 5. The third-order valence-corrected chi connectivity index (χ3v) is 4.63. The Morgan fingerprint density at radius 1 is 1.00 bits per heavy atom. The summed E-state index contributed by atoms with van der Waals surface area (Å²) < 4.78 is 26.2. The summed E-state index contributed by atoms with van der Waals surface area (Å²) >= 11 is 0. The molecule has 0 aliphatic rings. The van der Waals surface area contributed by atoms with Gasteiger partial charge in [0.25, 0.3) is 5.16 Å². The fraction of sp³-hybridized carbons (Fsp3) is 0.143. The zero-order chi connectivity index (χ0) is 15.4. The molecule has 8 heteroatoms. The number of pyridine rings is 1. The van der Waals surface area contributed by atoms with Gasteiger partial charge in [-0.1, -0.05) is 29.4 Å². The van der Waals surface area contributed by atoms with Crippen LogP contribution in [0.15, 0.2) is 59.9 Å². The Morgan fingerprint density at radius 2 is 1.77 bits per heavy atom. The molecule has 0 bridgehead atoms. The van der Waals surface area contributed by atoms with Gasteiger partial charge in [0.2, 0.25) is 9.84 Å². The Morgan fingerprint density at radius 3 is 2.50 bits per heavy atom. The van der Waals surface area contributed by atoms with E-state index in [9.17, 15) is 8.42 Å². The molecule has 0 atom stereocenters. The topological polar surface area (TPSA) is 90.6 Å². The Bertz CT molecular complexity index is 847. The average Bonchev–Trinajstić information content (AvgIpc) is 3.06. The van der Waals surface area contributed by atoms with Gasteiger partial charge in [0, 0.05) is 18.3 Å². The fourth-order valence-electron chi connectivity index (χ4n) is 1.98. The summed E-state index contributed by atoms with van der Waals surface area (Å²) in [5.41, 5.74) is 1.31. The number of para-hydroxylation sites is 1. The van der Waals surface area contributed by atoms with Gasteiger partial charge in [-0.25, -0.2) is 8.42 Å². The predicted molar refractivity (Wildman–Crippen MR) is 79.1 cm³/mol. The second-order valence-corrected chi connectivity index (χ2v) is 6.60. The van der Waals surface area contributed by atoms with Gasteiger partial charge in [-0.05, 0) is 34.7 Å². The first-order valence-electron chi connectivity index (χ1n) is 6.63. The summed E-state index contributed by atoms with van der Waals surface area (Å²) in [7, 11) is -3.61. The fourth-order valence-corrected chi connectivity index (χ4v) is 3.21. The number of aryl methyl sites for hydroxylation is 1. The highest BCUT2D eigenvalue weighted by atomic mass is 32.2. The van der Waals surface area contributed by atoms with E-state index in [4.69, 9.17) is 0 Å². The summed E-state index contributed by atoms with van der Waals surface area (Å²) in [6, 6.07) is 14.3. The Labute approximate surface area is 127 Å². The van der Waals surface area contributed by atoms with Crippen LogP contribution in [-0.4, -0.2) is 39.4 Å². The second kappa shape index (κ2) is 6.02. The molecule has 0 amide bonds. The third-order valence-electron chi connectivity index (χ3n) is 3.07. The van der Waals surface area contributed by atoms with Gasteiger partial charge in [-0.2, -0.15) is 4.68 Å². The van der Waals surface area contributed by atoms with Crippen LogP contribution in [0.1, 0.15) is 5.69 Å². The van der Waals surface area contributed by atoms with Gasteiger partial charge in [0.1, 0.15) is 0 Å². The predicted octanol–water partition coefficient (Wildman–Crippen LogP) is 1.07. The van der Waals surface area contributed by atoms with E-state index >= 15 is 0 Å². The summed E-state index contributed by atoms with van der Waals surface area (Å²) in [6.45, 7) is 0. The smallest absolute Gasteiger partial charge is 0.261 e. The van der Waals surface area contributed by atoms with Crippen molar-refractivity contribution in [3.05, 3.63) is 60.4 Å². The molecule has 0 unspecified atom stereocenters. The normalized spacial score (nSPS) is 11.5. The highest BCUT2D eigenvalue weighted by Gasteiger charge is 2.23. The minimum absolute atomic E-state index is 0.1000. The van der Waals surface area contributed by atoms with Gasteiger partial charge in [-0.15, -0.1) is 0 Å². The lowest BCUT2D eigenvalue weighted by molar-refractivity contribution is 0.579. The van der Waals surface area contributed by atoms with Crippen molar-refractivity contribution in [2.75, 3.05) is 5.75 Å². The maximum Gasteiger partial charge on any atom is 0.272 e. The molecule has 7 nitrogen and oxygen atoms in total. The van der Waals surface area contributed by atoms with Crippen molar-refractivity contribution in [3.8, 4) is 5.69 Å². The first kappa shape index (κ1) is 14.3. The first-order chi connectivity index (χ1) is 10.7. The summed E-state index contributed by atoms with van der Waals surface area (Å²) in [5, 5.41) is 10.8. The molecular formula is C14H13N5O2S. The lowest BCUT2D eigenvalue weighted by atomic mass is 10.3. The molecular weight excluding hydrogens is 302 g/mol. The van der Waals surface area contributed by atoms with Gasteiger partial charge in [-0.3, -0.25) is 4.98 Å². The van der Waals surface area contributed by atoms with E-state index in [1.807, 2.05) is 12.1 Å². The van der Waals surface area contributed by atoms with Crippen molar-refractivity contribution in [2.45, 2.75) is 11.6 Å². The van der Waals surface area contributed by atoms with Crippen molar-refractivity contribution in [2.24, 2.45) is 0 Å². The number of hydrogen-bond acceptors (Lipinski definition) is 6. The van der Waals surface area contributed by atoms with E-state index in [2.05, 4.69) is 20.5 Å². The summed E-state index contributed by atoms with van der Waals surface area (Å²) in [5.74, 6) is -0.1000. The minimum Gasteiger partial charge on any atom is -0.261 e. The number of sulfone groups is 1. The molecule has 0 saturated heterocycles. The van der Waals surface area contributed by atoms with Crippen LogP contribution in [0.25, 0.3) is 5.69 Å². The zero-order valence-corrected chi connectivity index (χ0v) is 12.4. The second-order valence-electron chi connectivity index (χ2n) is 4.60. The van der Waals surface area contributed by atoms with Crippen LogP contribution in [0.5, 0.6) is 0 Å². The molecule has 1 aromatic carbocycles. The van der Waals surface area contributed by atoms with Gasteiger partial charge in [0.05, 0.1) is 11.4 Å². The monoisotopic (exact) mass is 315 g/mol. The Kier molecular flexibility index (Phi) is 3.92. The number of nitrogens with zero attached hydrogens (tertiary/aromatic N) is 5. The van der Waals surface area contributed by atoms with Gasteiger partial charge < -0.3 is 0 Å². The lowest BCUT2D eigenvalue weighted by Gasteiger charge is -2.05. The van der Waals surface area contributed by atoms with Crippen LogP contribution in [0.3, 0.4) is 0 Å². The molecule has 0 spiro atoms. The number of rotatable bonds is 5. The zero-order valence-electron chi connectivity index (χ0n) is 11.6. The average molecular weight is 315 g/mol. The van der Waals surface area contributed by atoms with Crippen molar-refractivity contribution in [1.29, 1.82) is 0 Å². The minimum atomic E-state index is -3.61. The maximum absolute atomic E-state index is 12.5. The van der Waals surface area contributed by atoms with Crippen LogP contribution in [-0.2, 0) is 16.3 Å². The number of benzene rings is 1. The molecule has 0 N–H and O–H groups in total. The highest BCUT2D eigenvalue weighted by Crippen LogP contribution is 2.13. The van der Waals surface area contributed by atoms with Crippen molar-refractivity contribution in [3.63, 3.8) is 0 Å². The van der Waals surface area contributed by atoms with Gasteiger partial charge >= 0.3 is 0 Å². The Hall–Kier alpha value is -2.61. The third kappa shape index (κ3) is 3.01. The van der Waals surface area contributed by atoms with E-state index in [-0.39, 0.29) is 10.9 Å². The molecule has 0 aliphatic heterocycles. The molecule has 3 rings (SSSR count).